The lowest BCUT2D eigenvalue weighted by molar-refractivity contribution is -0.122. The van der Waals surface area contributed by atoms with E-state index in [0.29, 0.717) is 50.0 Å². The average Bonchev–Trinajstić information content (AvgIpc) is 3.48. The molecule has 3 heterocycles. The van der Waals surface area contributed by atoms with Gasteiger partial charge in [-0.1, -0.05) is 58.5 Å². The number of aryl methyl sites for hydroxylation is 1. The van der Waals surface area contributed by atoms with E-state index in [0.717, 1.165) is 16.9 Å². The summed E-state index contributed by atoms with van der Waals surface area (Å²) in [6.07, 6.45) is 0. The Kier molecular flexibility index (Phi) is 8.04. The molecule has 0 saturated carbocycles. The number of thiazole rings is 1. The Hall–Kier alpha value is -4.06. The van der Waals surface area contributed by atoms with Crippen molar-refractivity contribution in [2.45, 2.75) is 30.0 Å². The van der Waals surface area contributed by atoms with Crippen LogP contribution in [0, 0.1) is 12.8 Å². The highest BCUT2D eigenvalue weighted by atomic mass is 35.5. The minimum absolute atomic E-state index is 0.255. The number of carbonyl (C=O) groups excluding carboxylic acids is 3. The number of thioether (sulfide) groups is 1. The fraction of sp³-hybridized carbons (Fsp3) is 0.226. The van der Waals surface area contributed by atoms with Crippen LogP contribution < -0.4 is 24.6 Å². The number of hydrogen-bond acceptors (Lipinski definition) is 8. The van der Waals surface area contributed by atoms with Crippen molar-refractivity contribution in [3.05, 3.63) is 97.4 Å². The summed E-state index contributed by atoms with van der Waals surface area (Å²) in [4.78, 5) is 57.1. The van der Waals surface area contributed by atoms with Crippen LogP contribution in [0.25, 0.3) is 0 Å². The number of rotatable bonds is 8. The average molecular weight is 636 g/mol. The number of carbonyl (C=O) groups is 3. The lowest BCUT2D eigenvalue weighted by Gasteiger charge is -2.30. The number of halogens is 1. The zero-order valence-corrected chi connectivity index (χ0v) is 25.5. The van der Waals surface area contributed by atoms with Crippen LogP contribution in [0.15, 0.2) is 76.6 Å². The molecule has 0 bridgehead atoms. The molecule has 3 aromatic carbocycles. The number of aromatic amines is 1. The summed E-state index contributed by atoms with van der Waals surface area (Å²) in [6.45, 7) is 3.82. The maximum atomic E-state index is 14.0. The van der Waals surface area contributed by atoms with Crippen LogP contribution in [0.2, 0.25) is 5.02 Å². The number of ether oxygens (including phenoxy) is 2. The molecular formula is C31H26ClN3O6S2. The zero-order valence-electron chi connectivity index (χ0n) is 23.1. The van der Waals surface area contributed by atoms with Gasteiger partial charge in [0.25, 0.3) is 5.91 Å². The number of nitrogens with one attached hydrogen (secondary N) is 2. The van der Waals surface area contributed by atoms with Crippen LogP contribution in [0.4, 0.5) is 11.4 Å². The second kappa shape index (κ2) is 11.9. The van der Waals surface area contributed by atoms with Gasteiger partial charge in [-0.25, -0.2) is 4.90 Å². The van der Waals surface area contributed by atoms with Gasteiger partial charge in [0.1, 0.15) is 5.25 Å². The van der Waals surface area contributed by atoms with E-state index in [9.17, 15) is 19.2 Å². The van der Waals surface area contributed by atoms with E-state index in [1.165, 1.54) is 16.7 Å². The summed E-state index contributed by atoms with van der Waals surface area (Å²) in [7, 11) is 0. The molecule has 9 nitrogen and oxygen atoms in total. The Labute approximate surface area is 260 Å². The molecule has 2 aliphatic rings. The molecule has 43 heavy (non-hydrogen) atoms. The van der Waals surface area contributed by atoms with Gasteiger partial charge in [0.05, 0.1) is 23.2 Å². The first-order valence-corrected chi connectivity index (χ1v) is 15.6. The van der Waals surface area contributed by atoms with Gasteiger partial charge in [-0.05, 0) is 67.9 Å². The van der Waals surface area contributed by atoms with E-state index < -0.39 is 17.1 Å². The van der Waals surface area contributed by atoms with E-state index in [-0.39, 0.29) is 29.2 Å². The van der Waals surface area contributed by atoms with Crippen LogP contribution in [0.5, 0.6) is 11.5 Å². The first kappa shape index (κ1) is 29.0. The van der Waals surface area contributed by atoms with Gasteiger partial charge in [0.2, 0.25) is 11.8 Å². The number of amides is 3. The van der Waals surface area contributed by atoms with E-state index in [2.05, 4.69) is 10.3 Å². The third-order valence-electron chi connectivity index (χ3n) is 7.23. The molecular weight excluding hydrogens is 610 g/mol. The Morgan fingerprint density at radius 2 is 1.72 bits per heavy atom. The van der Waals surface area contributed by atoms with Crippen molar-refractivity contribution in [2.24, 2.45) is 5.92 Å². The predicted octanol–water partition coefficient (Wildman–Crippen LogP) is 5.61. The van der Waals surface area contributed by atoms with Crippen LogP contribution >= 0.6 is 34.7 Å². The predicted molar refractivity (Wildman–Crippen MR) is 167 cm³/mol. The molecule has 2 aliphatic heterocycles. The quantitative estimate of drug-likeness (QED) is 0.242. The SMILES string of the molecule is CCOc1cc([C@H]2c3sc(=O)[nH]c3SC3C(=O)N(c4ccc(C)cc4)C(=O)C32)ccc1OCC(=O)Nc1ccc(Cl)cc1. The molecule has 0 spiro atoms. The molecule has 0 aliphatic carbocycles. The Balaban J connectivity index is 1.31. The van der Waals surface area contributed by atoms with Gasteiger partial charge in [0, 0.05) is 21.5 Å². The molecule has 2 N–H and O–H groups in total. The Bertz CT molecular complexity index is 1770. The fourth-order valence-electron chi connectivity index (χ4n) is 5.30. The van der Waals surface area contributed by atoms with Gasteiger partial charge in [-0.2, -0.15) is 0 Å². The summed E-state index contributed by atoms with van der Waals surface area (Å²) in [5.74, 6) is -1.58. The van der Waals surface area contributed by atoms with Crippen LogP contribution in [0.1, 0.15) is 28.8 Å². The molecule has 4 aromatic rings. The van der Waals surface area contributed by atoms with Crippen molar-refractivity contribution >= 4 is 63.8 Å². The maximum Gasteiger partial charge on any atom is 0.305 e. The van der Waals surface area contributed by atoms with Crippen molar-refractivity contribution in [1.29, 1.82) is 0 Å². The monoisotopic (exact) mass is 635 g/mol. The number of benzene rings is 3. The van der Waals surface area contributed by atoms with Gasteiger partial charge in [-0.15, -0.1) is 0 Å². The smallest absolute Gasteiger partial charge is 0.305 e. The number of hydrogen-bond donors (Lipinski definition) is 2. The Morgan fingerprint density at radius 1 is 0.977 bits per heavy atom. The second-order valence-electron chi connectivity index (χ2n) is 10.1. The minimum Gasteiger partial charge on any atom is -0.490 e. The molecule has 220 valence electrons. The maximum absolute atomic E-state index is 14.0. The first-order chi connectivity index (χ1) is 20.7. The van der Waals surface area contributed by atoms with Crippen molar-refractivity contribution in [2.75, 3.05) is 23.4 Å². The lowest BCUT2D eigenvalue weighted by atomic mass is 9.83. The molecule has 1 saturated heterocycles. The van der Waals surface area contributed by atoms with Crippen molar-refractivity contribution in [3.8, 4) is 11.5 Å². The first-order valence-electron chi connectivity index (χ1n) is 13.5. The van der Waals surface area contributed by atoms with E-state index in [1.54, 1.807) is 54.6 Å². The molecule has 3 amide bonds. The molecule has 3 atom stereocenters. The Morgan fingerprint density at radius 3 is 2.44 bits per heavy atom. The second-order valence-corrected chi connectivity index (χ2v) is 12.7. The van der Waals surface area contributed by atoms with Gasteiger partial charge >= 0.3 is 4.87 Å². The highest BCUT2D eigenvalue weighted by molar-refractivity contribution is 8.00. The highest BCUT2D eigenvalue weighted by Crippen LogP contribution is 2.53. The van der Waals surface area contributed by atoms with Crippen molar-refractivity contribution < 1.29 is 23.9 Å². The van der Waals surface area contributed by atoms with E-state index in [4.69, 9.17) is 21.1 Å². The van der Waals surface area contributed by atoms with Crippen LogP contribution in [-0.2, 0) is 14.4 Å². The summed E-state index contributed by atoms with van der Waals surface area (Å²) in [6, 6.07) is 19.2. The number of H-pyrrole nitrogens is 1. The van der Waals surface area contributed by atoms with Crippen LogP contribution in [-0.4, -0.2) is 41.2 Å². The van der Waals surface area contributed by atoms with Gasteiger partial charge < -0.3 is 19.8 Å². The molecule has 2 unspecified atom stereocenters. The highest BCUT2D eigenvalue weighted by Gasteiger charge is 2.56. The number of anilines is 2. The normalized spacial score (nSPS) is 19.1. The summed E-state index contributed by atoms with van der Waals surface area (Å²) < 4.78 is 11.7. The largest absolute Gasteiger partial charge is 0.490 e. The zero-order chi connectivity index (χ0) is 30.2. The molecule has 6 rings (SSSR count). The molecule has 0 radical (unpaired) electrons. The molecule has 1 fully saturated rings. The molecule has 1 aromatic heterocycles. The fourth-order valence-corrected chi connectivity index (χ4v) is 7.94. The number of fused-ring (bicyclic) bond motifs is 2. The summed E-state index contributed by atoms with van der Waals surface area (Å²) in [5.41, 5.74) is 2.81. The summed E-state index contributed by atoms with van der Waals surface area (Å²) >= 11 is 8.18. The van der Waals surface area contributed by atoms with Gasteiger partial charge in [-0.3, -0.25) is 19.2 Å². The number of imide groups is 1. The third kappa shape index (κ3) is 5.67. The van der Waals surface area contributed by atoms with Crippen LogP contribution in [0.3, 0.4) is 0 Å². The van der Waals surface area contributed by atoms with Gasteiger partial charge in [0.15, 0.2) is 18.1 Å². The lowest BCUT2D eigenvalue weighted by Crippen LogP contribution is -2.32. The van der Waals surface area contributed by atoms with E-state index in [1.807, 2.05) is 26.0 Å². The molecule has 12 heteroatoms. The topological polar surface area (TPSA) is 118 Å². The third-order valence-corrected chi connectivity index (χ3v) is 9.88. The minimum atomic E-state index is -0.732. The number of aromatic nitrogens is 1. The summed E-state index contributed by atoms with van der Waals surface area (Å²) in [5, 5.41) is 3.19. The standard InChI is InChI=1S/C31H26ClN3O6S2/c1-3-40-22-14-17(6-13-21(22)41-15-23(36)33-19-9-7-18(32)8-10-19)24-25-27(42-28-26(24)43-31(39)34-28)30(38)35(29(25)37)20-11-4-16(2)5-12-20/h4-14,24-25,27H,3,15H2,1-2H3,(H,33,36)(H,34,39)/t24-,25?,27?/m1/s1. The van der Waals surface area contributed by atoms with Crippen molar-refractivity contribution in [1.82, 2.24) is 4.98 Å². The number of nitrogens with zero attached hydrogens (tertiary/aromatic N) is 1. The van der Waals surface area contributed by atoms with E-state index >= 15 is 0 Å². The van der Waals surface area contributed by atoms with Crippen molar-refractivity contribution in [3.63, 3.8) is 0 Å².